The monoisotopic (exact) mass is 364 g/mol. The summed E-state index contributed by atoms with van der Waals surface area (Å²) in [6, 6.07) is 5.16. The zero-order valence-corrected chi connectivity index (χ0v) is 13.9. The SMILES string of the molecule is CN(C1CC2CCC(C1)N2)S(=O)(=O)c1ccccc1OC(F)(F)F. The van der Waals surface area contributed by atoms with Gasteiger partial charge in [-0.25, -0.2) is 8.42 Å². The standard InChI is InChI=1S/C15H19F3N2O3S/c1-20(12-8-10-6-7-11(9-12)19-10)24(21,22)14-5-3-2-4-13(14)23-15(16,17)18/h2-5,10-12,19H,6-9H2,1H3. The lowest BCUT2D eigenvalue weighted by Crippen LogP contribution is -2.48. The van der Waals surface area contributed by atoms with Gasteiger partial charge in [0.2, 0.25) is 10.0 Å². The second-order valence-corrected chi connectivity index (χ2v) is 8.24. The molecule has 0 spiro atoms. The number of hydrogen-bond donors (Lipinski definition) is 1. The third-order valence-corrected chi connectivity index (χ3v) is 6.64. The molecule has 134 valence electrons. The lowest BCUT2D eigenvalue weighted by molar-refractivity contribution is -0.275. The van der Waals surface area contributed by atoms with E-state index in [4.69, 9.17) is 0 Å². The Hall–Kier alpha value is -1.32. The molecule has 2 unspecified atom stereocenters. The molecule has 2 aliphatic rings. The van der Waals surface area contributed by atoms with E-state index in [1.807, 2.05) is 0 Å². The van der Waals surface area contributed by atoms with E-state index >= 15 is 0 Å². The van der Waals surface area contributed by atoms with Crippen LogP contribution in [0.4, 0.5) is 13.2 Å². The lowest BCUT2D eigenvalue weighted by Gasteiger charge is -2.35. The maximum atomic E-state index is 12.8. The number of benzene rings is 1. The van der Waals surface area contributed by atoms with Gasteiger partial charge in [-0.3, -0.25) is 0 Å². The summed E-state index contributed by atoms with van der Waals surface area (Å²) in [5.74, 6) is -0.700. The number of hydrogen-bond acceptors (Lipinski definition) is 4. The van der Waals surface area contributed by atoms with Crippen LogP contribution in [0, 0.1) is 0 Å². The molecule has 1 aromatic rings. The van der Waals surface area contributed by atoms with Gasteiger partial charge in [-0.05, 0) is 37.8 Å². The quantitative estimate of drug-likeness (QED) is 0.892. The van der Waals surface area contributed by atoms with Crippen LogP contribution in [0.15, 0.2) is 29.2 Å². The molecule has 9 heteroatoms. The van der Waals surface area contributed by atoms with Crippen LogP contribution in [0.1, 0.15) is 25.7 Å². The molecule has 0 amide bonds. The largest absolute Gasteiger partial charge is 0.573 e. The summed E-state index contributed by atoms with van der Waals surface area (Å²) >= 11 is 0. The number of alkyl halides is 3. The van der Waals surface area contributed by atoms with Crippen LogP contribution >= 0.6 is 0 Å². The fraction of sp³-hybridized carbons (Fsp3) is 0.600. The number of rotatable bonds is 4. The number of nitrogens with zero attached hydrogens (tertiary/aromatic N) is 1. The van der Waals surface area contributed by atoms with Gasteiger partial charge in [0, 0.05) is 25.2 Å². The Morgan fingerprint density at radius 1 is 1.17 bits per heavy atom. The molecule has 5 nitrogen and oxygen atoms in total. The summed E-state index contributed by atoms with van der Waals surface area (Å²) in [5, 5.41) is 3.41. The van der Waals surface area contributed by atoms with Gasteiger partial charge in [0.15, 0.2) is 0 Å². The summed E-state index contributed by atoms with van der Waals surface area (Å²) in [6.45, 7) is 0. The molecule has 0 aliphatic carbocycles. The van der Waals surface area contributed by atoms with Crippen LogP contribution in [0.5, 0.6) is 5.75 Å². The third kappa shape index (κ3) is 3.52. The molecule has 2 aliphatic heterocycles. The molecule has 0 radical (unpaired) electrons. The average molecular weight is 364 g/mol. The molecule has 24 heavy (non-hydrogen) atoms. The summed E-state index contributed by atoms with van der Waals surface area (Å²) in [7, 11) is -2.65. The van der Waals surface area contributed by atoms with E-state index in [0.29, 0.717) is 12.8 Å². The second kappa shape index (κ2) is 6.20. The van der Waals surface area contributed by atoms with E-state index < -0.39 is 27.0 Å². The van der Waals surface area contributed by atoms with Gasteiger partial charge >= 0.3 is 6.36 Å². The molecular formula is C15H19F3N2O3S. The molecule has 0 aromatic heterocycles. The van der Waals surface area contributed by atoms with Crippen molar-refractivity contribution in [2.45, 2.75) is 55.1 Å². The minimum absolute atomic E-state index is 0.229. The van der Waals surface area contributed by atoms with Gasteiger partial charge < -0.3 is 10.1 Å². The molecule has 3 rings (SSSR count). The van der Waals surface area contributed by atoms with E-state index in [0.717, 1.165) is 25.0 Å². The first-order valence-electron chi connectivity index (χ1n) is 7.75. The Morgan fingerprint density at radius 3 is 2.33 bits per heavy atom. The predicted molar refractivity (Wildman–Crippen MR) is 81.0 cm³/mol. The second-order valence-electron chi connectivity index (χ2n) is 6.28. The van der Waals surface area contributed by atoms with Crippen molar-refractivity contribution < 1.29 is 26.3 Å². The number of sulfonamides is 1. The summed E-state index contributed by atoms with van der Waals surface area (Å²) in [6.07, 6.45) is -1.62. The van der Waals surface area contributed by atoms with E-state index in [1.54, 1.807) is 0 Å². The molecule has 2 heterocycles. The Bertz CT molecular complexity index is 696. The summed E-state index contributed by atoms with van der Waals surface area (Å²) in [4.78, 5) is -0.462. The third-order valence-electron chi connectivity index (χ3n) is 4.69. The van der Waals surface area contributed by atoms with Crippen LogP contribution in [-0.2, 0) is 10.0 Å². The van der Waals surface area contributed by atoms with Crippen molar-refractivity contribution >= 4 is 10.0 Å². The lowest BCUT2D eigenvalue weighted by atomic mass is 10.0. The van der Waals surface area contributed by atoms with E-state index in [9.17, 15) is 21.6 Å². The molecule has 2 bridgehead atoms. The molecule has 2 atom stereocenters. The Balaban J connectivity index is 1.87. The Morgan fingerprint density at radius 2 is 1.75 bits per heavy atom. The van der Waals surface area contributed by atoms with Crippen LogP contribution < -0.4 is 10.1 Å². The first-order chi connectivity index (χ1) is 11.2. The molecule has 2 saturated heterocycles. The van der Waals surface area contributed by atoms with Gasteiger partial charge in [-0.15, -0.1) is 13.2 Å². The number of ether oxygens (including phenoxy) is 1. The first-order valence-corrected chi connectivity index (χ1v) is 9.19. The molecule has 1 N–H and O–H groups in total. The van der Waals surface area contributed by atoms with Crippen LogP contribution in [-0.4, -0.2) is 44.3 Å². The molecule has 0 saturated carbocycles. The topological polar surface area (TPSA) is 58.6 Å². The zero-order valence-electron chi connectivity index (χ0n) is 13.1. The van der Waals surface area contributed by atoms with Crippen LogP contribution in [0.2, 0.25) is 0 Å². The van der Waals surface area contributed by atoms with Gasteiger partial charge in [-0.2, -0.15) is 4.31 Å². The summed E-state index contributed by atoms with van der Waals surface area (Å²) < 4.78 is 68.4. The van der Waals surface area contributed by atoms with Gasteiger partial charge in [0.1, 0.15) is 10.6 Å². The Labute approximate surface area is 138 Å². The number of fused-ring (bicyclic) bond motifs is 2. The van der Waals surface area contributed by atoms with Crippen molar-refractivity contribution in [1.29, 1.82) is 0 Å². The number of piperidine rings is 1. The fourth-order valence-electron chi connectivity index (χ4n) is 3.55. The maximum Gasteiger partial charge on any atom is 0.573 e. The van der Waals surface area contributed by atoms with Crippen molar-refractivity contribution in [3.05, 3.63) is 24.3 Å². The summed E-state index contributed by atoms with van der Waals surface area (Å²) in [5.41, 5.74) is 0. The Kier molecular flexibility index (Phi) is 4.52. The minimum Gasteiger partial charge on any atom is -0.404 e. The number of para-hydroxylation sites is 1. The van der Waals surface area contributed by atoms with Crippen molar-refractivity contribution in [2.75, 3.05) is 7.05 Å². The first kappa shape index (κ1) is 17.5. The maximum absolute atomic E-state index is 12.8. The van der Waals surface area contributed by atoms with E-state index in [1.165, 1.54) is 23.5 Å². The zero-order chi connectivity index (χ0) is 17.5. The highest BCUT2D eigenvalue weighted by Crippen LogP contribution is 2.35. The molecular weight excluding hydrogens is 345 g/mol. The normalized spacial score (nSPS) is 27.5. The van der Waals surface area contributed by atoms with Crippen LogP contribution in [0.3, 0.4) is 0 Å². The fourth-order valence-corrected chi connectivity index (χ4v) is 5.04. The smallest absolute Gasteiger partial charge is 0.404 e. The average Bonchev–Trinajstić information content (AvgIpc) is 2.83. The number of halogens is 3. The number of nitrogens with one attached hydrogen (secondary N) is 1. The highest BCUT2D eigenvalue weighted by atomic mass is 32.2. The van der Waals surface area contributed by atoms with Crippen molar-refractivity contribution in [2.24, 2.45) is 0 Å². The van der Waals surface area contributed by atoms with E-state index in [-0.39, 0.29) is 18.1 Å². The highest BCUT2D eigenvalue weighted by molar-refractivity contribution is 7.89. The van der Waals surface area contributed by atoms with Gasteiger partial charge in [0.05, 0.1) is 0 Å². The molecule has 2 fully saturated rings. The van der Waals surface area contributed by atoms with Crippen molar-refractivity contribution in [1.82, 2.24) is 9.62 Å². The van der Waals surface area contributed by atoms with Crippen LogP contribution in [0.25, 0.3) is 0 Å². The minimum atomic E-state index is -4.95. The highest BCUT2D eigenvalue weighted by Gasteiger charge is 2.40. The van der Waals surface area contributed by atoms with Crippen molar-refractivity contribution in [3.8, 4) is 5.75 Å². The van der Waals surface area contributed by atoms with E-state index in [2.05, 4.69) is 10.1 Å². The van der Waals surface area contributed by atoms with Crippen molar-refractivity contribution in [3.63, 3.8) is 0 Å². The van der Waals surface area contributed by atoms with Gasteiger partial charge in [-0.1, -0.05) is 12.1 Å². The van der Waals surface area contributed by atoms with Gasteiger partial charge in [0.25, 0.3) is 0 Å². The molecule has 1 aromatic carbocycles. The predicted octanol–water partition coefficient (Wildman–Crippen LogP) is 2.49.